The van der Waals surface area contributed by atoms with Gasteiger partial charge in [-0.1, -0.05) is 24.3 Å². The van der Waals surface area contributed by atoms with Crippen LogP contribution in [0.1, 0.15) is 0 Å². The number of hydrogen-bond donors (Lipinski definition) is 0. The standard InChI is InChI=1S/C11H11N/c1-12-10-6-2-3-7-11(12)9-5-4-8-10/h2-9H,1H3. The minimum Gasteiger partial charge on any atom is -0.345 e. The van der Waals surface area contributed by atoms with Crippen LogP contribution in [-0.2, 0) is 0 Å². The lowest BCUT2D eigenvalue weighted by Gasteiger charge is -2.18. The minimum atomic E-state index is 1.22. The molecule has 12 heavy (non-hydrogen) atoms. The van der Waals surface area contributed by atoms with Crippen LogP contribution in [0.3, 0.4) is 0 Å². The van der Waals surface area contributed by atoms with E-state index in [-0.39, 0.29) is 0 Å². The molecule has 0 radical (unpaired) electrons. The van der Waals surface area contributed by atoms with Crippen molar-refractivity contribution in [2.75, 3.05) is 7.05 Å². The molecule has 0 unspecified atom stereocenters. The molecule has 0 saturated heterocycles. The highest BCUT2D eigenvalue weighted by Crippen LogP contribution is 2.18. The lowest BCUT2D eigenvalue weighted by molar-refractivity contribution is 0.557. The summed E-state index contributed by atoms with van der Waals surface area (Å²) in [5, 5.41) is 0. The maximum Gasteiger partial charge on any atom is 0.0408 e. The molecule has 1 nitrogen and oxygen atoms in total. The van der Waals surface area contributed by atoms with Crippen molar-refractivity contribution in [1.29, 1.82) is 0 Å². The van der Waals surface area contributed by atoms with Gasteiger partial charge in [0.2, 0.25) is 0 Å². The summed E-state index contributed by atoms with van der Waals surface area (Å²) in [6, 6.07) is 0. The third kappa shape index (κ3) is 1.14. The summed E-state index contributed by atoms with van der Waals surface area (Å²) in [4.78, 5) is 2.17. The second kappa shape index (κ2) is 2.86. The van der Waals surface area contributed by atoms with Crippen LogP contribution in [-0.4, -0.2) is 11.9 Å². The Morgan fingerprint density at radius 2 is 1.33 bits per heavy atom. The molecule has 0 N–H and O–H groups in total. The van der Waals surface area contributed by atoms with E-state index in [1.54, 1.807) is 0 Å². The van der Waals surface area contributed by atoms with Crippen LogP contribution in [0.25, 0.3) is 0 Å². The number of hydrogen-bond acceptors (Lipinski definition) is 1. The lowest BCUT2D eigenvalue weighted by atomic mass is 10.3. The van der Waals surface area contributed by atoms with Crippen LogP contribution in [0.5, 0.6) is 0 Å². The Kier molecular flexibility index (Phi) is 1.71. The van der Waals surface area contributed by atoms with E-state index in [0.717, 1.165) is 0 Å². The number of allylic oxidation sites excluding steroid dienone is 8. The van der Waals surface area contributed by atoms with Gasteiger partial charge in [0.05, 0.1) is 0 Å². The molecule has 2 rings (SSSR count). The molecule has 2 aliphatic rings. The molecule has 1 heteroatoms. The van der Waals surface area contributed by atoms with Crippen LogP contribution in [0.15, 0.2) is 60.0 Å². The molecule has 0 saturated carbocycles. The van der Waals surface area contributed by atoms with Crippen molar-refractivity contribution in [1.82, 2.24) is 4.90 Å². The van der Waals surface area contributed by atoms with E-state index in [1.165, 1.54) is 11.4 Å². The minimum absolute atomic E-state index is 1.22. The predicted molar refractivity (Wildman–Crippen MR) is 51.3 cm³/mol. The summed E-state index contributed by atoms with van der Waals surface area (Å²) in [6.07, 6.45) is 16.6. The zero-order chi connectivity index (χ0) is 8.39. The van der Waals surface area contributed by atoms with Crippen LogP contribution in [0, 0.1) is 0 Å². The fraction of sp³-hybridized carbons (Fsp3) is 0.0909. The van der Waals surface area contributed by atoms with E-state index in [2.05, 4.69) is 60.6 Å². The summed E-state index contributed by atoms with van der Waals surface area (Å²) in [5.74, 6) is 0. The van der Waals surface area contributed by atoms with Gasteiger partial charge in [-0.05, 0) is 24.3 Å². The molecule has 0 aliphatic carbocycles. The van der Waals surface area contributed by atoms with Crippen molar-refractivity contribution in [3.05, 3.63) is 60.0 Å². The number of fused-ring (bicyclic) bond motifs is 2. The number of likely N-dealkylation sites (N-methyl/N-ethyl adjacent to an activating group) is 1. The van der Waals surface area contributed by atoms with Gasteiger partial charge >= 0.3 is 0 Å². The smallest absolute Gasteiger partial charge is 0.0408 e. The van der Waals surface area contributed by atoms with Crippen molar-refractivity contribution >= 4 is 0 Å². The summed E-state index contributed by atoms with van der Waals surface area (Å²) in [6.45, 7) is 0. The Hall–Kier alpha value is -1.50. The second-order valence-corrected chi connectivity index (χ2v) is 2.85. The molecule has 2 heterocycles. The van der Waals surface area contributed by atoms with Gasteiger partial charge in [-0.2, -0.15) is 0 Å². The zero-order valence-corrected chi connectivity index (χ0v) is 7.07. The van der Waals surface area contributed by atoms with E-state index in [9.17, 15) is 0 Å². The topological polar surface area (TPSA) is 3.24 Å². The molecule has 60 valence electrons. The summed E-state index contributed by atoms with van der Waals surface area (Å²) < 4.78 is 0. The highest BCUT2D eigenvalue weighted by Gasteiger charge is 2.06. The Bertz CT molecular complexity index is 295. The molecular weight excluding hydrogens is 146 g/mol. The van der Waals surface area contributed by atoms with Crippen molar-refractivity contribution in [3.8, 4) is 0 Å². The van der Waals surface area contributed by atoms with E-state index in [1.807, 2.05) is 0 Å². The highest BCUT2D eigenvalue weighted by molar-refractivity contribution is 5.40. The lowest BCUT2D eigenvalue weighted by Crippen LogP contribution is -2.12. The van der Waals surface area contributed by atoms with Gasteiger partial charge in [-0.3, -0.25) is 0 Å². The van der Waals surface area contributed by atoms with Gasteiger partial charge < -0.3 is 4.90 Å². The fourth-order valence-corrected chi connectivity index (χ4v) is 1.32. The first-order chi connectivity index (χ1) is 5.88. The largest absolute Gasteiger partial charge is 0.345 e. The maximum absolute atomic E-state index is 2.17. The van der Waals surface area contributed by atoms with Gasteiger partial charge in [-0.25, -0.2) is 0 Å². The monoisotopic (exact) mass is 157 g/mol. The molecular formula is C11H11N. The van der Waals surface area contributed by atoms with Gasteiger partial charge in [0.1, 0.15) is 0 Å². The third-order valence-corrected chi connectivity index (χ3v) is 2.06. The normalized spacial score (nSPS) is 19.9. The first-order valence-electron chi connectivity index (χ1n) is 4.05. The van der Waals surface area contributed by atoms with Crippen LogP contribution >= 0.6 is 0 Å². The molecule has 2 aliphatic heterocycles. The molecule has 0 fully saturated rings. The van der Waals surface area contributed by atoms with Gasteiger partial charge in [0, 0.05) is 18.4 Å². The second-order valence-electron chi connectivity index (χ2n) is 2.85. The highest BCUT2D eigenvalue weighted by atomic mass is 15.1. The summed E-state index contributed by atoms with van der Waals surface area (Å²) in [5.41, 5.74) is 2.44. The molecule has 2 bridgehead atoms. The number of nitrogens with zero attached hydrogens (tertiary/aromatic N) is 1. The molecule has 0 aromatic rings. The summed E-state index contributed by atoms with van der Waals surface area (Å²) >= 11 is 0. The summed E-state index contributed by atoms with van der Waals surface area (Å²) in [7, 11) is 2.07. The Balaban J connectivity index is 2.53. The van der Waals surface area contributed by atoms with E-state index in [4.69, 9.17) is 0 Å². The van der Waals surface area contributed by atoms with Gasteiger partial charge in [-0.15, -0.1) is 0 Å². The Morgan fingerprint density at radius 3 is 1.83 bits per heavy atom. The average molecular weight is 157 g/mol. The Labute approximate surface area is 72.7 Å². The van der Waals surface area contributed by atoms with Crippen LogP contribution in [0.2, 0.25) is 0 Å². The fourth-order valence-electron chi connectivity index (χ4n) is 1.32. The molecule has 0 aromatic carbocycles. The molecule has 0 spiro atoms. The van der Waals surface area contributed by atoms with E-state index in [0.29, 0.717) is 0 Å². The maximum atomic E-state index is 2.17. The molecule has 0 aromatic heterocycles. The van der Waals surface area contributed by atoms with Crippen molar-refractivity contribution < 1.29 is 0 Å². The average Bonchev–Trinajstić information content (AvgIpc) is 2.37. The van der Waals surface area contributed by atoms with Gasteiger partial charge in [0.15, 0.2) is 0 Å². The quantitative estimate of drug-likeness (QED) is 0.522. The van der Waals surface area contributed by atoms with Crippen LogP contribution in [0.4, 0.5) is 0 Å². The first kappa shape index (κ1) is 7.17. The van der Waals surface area contributed by atoms with Gasteiger partial charge in [0.25, 0.3) is 0 Å². The third-order valence-electron chi connectivity index (χ3n) is 2.06. The van der Waals surface area contributed by atoms with E-state index >= 15 is 0 Å². The van der Waals surface area contributed by atoms with E-state index < -0.39 is 0 Å². The van der Waals surface area contributed by atoms with Crippen molar-refractivity contribution in [2.24, 2.45) is 0 Å². The first-order valence-corrected chi connectivity index (χ1v) is 4.05. The molecule has 0 atom stereocenters. The number of rotatable bonds is 0. The SMILES string of the molecule is CN1C2=CC=CC=C1C=CC=C2. The molecule has 0 amide bonds. The Morgan fingerprint density at radius 1 is 0.833 bits per heavy atom. The van der Waals surface area contributed by atoms with Crippen molar-refractivity contribution in [3.63, 3.8) is 0 Å². The van der Waals surface area contributed by atoms with Crippen molar-refractivity contribution in [2.45, 2.75) is 0 Å². The zero-order valence-electron chi connectivity index (χ0n) is 7.07. The van der Waals surface area contributed by atoms with Crippen LogP contribution < -0.4 is 0 Å². The predicted octanol–water partition coefficient (Wildman–Crippen LogP) is 2.38.